The number of hydrogen-bond donors (Lipinski definition) is 2. The van der Waals surface area contributed by atoms with Crippen molar-refractivity contribution < 1.29 is 18.0 Å². The number of carbonyl (C=O) groups excluding carboxylic acids is 2. The molecule has 1 unspecified atom stereocenters. The Morgan fingerprint density at radius 2 is 1.59 bits per heavy atom. The van der Waals surface area contributed by atoms with E-state index in [1.165, 1.54) is 19.1 Å². The lowest BCUT2D eigenvalue weighted by molar-refractivity contribution is -0.118. The van der Waals surface area contributed by atoms with Gasteiger partial charge in [-0.2, -0.15) is 0 Å². The van der Waals surface area contributed by atoms with E-state index in [2.05, 4.69) is 23.9 Å². The Bertz CT molecular complexity index is 1510. The van der Waals surface area contributed by atoms with Gasteiger partial charge in [-0.05, 0) is 53.8 Å². The average molecular weight is 516 g/mol. The summed E-state index contributed by atoms with van der Waals surface area (Å²) in [5, 5.41) is 3.47. The van der Waals surface area contributed by atoms with E-state index in [0.717, 1.165) is 16.9 Å². The number of benzene rings is 3. The van der Waals surface area contributed by atoms with Gasteiger partial charge in [-0.15, -0.1) is 0 Å². The number of nitrogens with one attached hydrogen (secondary N) is 2. The van der Waals surface area contributed by atoms with Crippen molar-refractivity contribution in [2.75, 3.05) is 14.9 Å². The first-order chi connectivity index (χ1) is 17.6. The minimum atomic E-state index is -3.75. The highest BCUT2D eigenvalue weighted by atomic mass is 32.2. The van der Waals surface area contributed by atoms with Gasteiger partial charge in [0.2, 0.25) is 5.91 Å². The third-order valence-corrected chi connectivity index (χ3v) is 8.17. The van der Waals surface area contributed by atoms with E-state index >= 15 is 0 Å². The van der Waals surface area contributed by atoms with E-state index in [1.54, 1.807) is 47.4 Å². The Morgan fingerprint density at radius 1 is 0.946 bits per heavy atom. The monoisotopic (exact) mass is 515 g/mol. The average Bonchev–Trinajstić information content (AvgIpc) is 2.98. The number of hydrogen-bond acceptors (Lipinski definition) is 5. The summed E-state index contributed by atoms with van der Waals surface area (Å²) in [6.45, 7) is 5.63. The van der Waals surface area contributed by atoms with Crippen molar-refractivity contribution in [3.05, 3.63) is 95.7 Å². The molecule has 2 aliphatic rings. The maximum absolute atomic E-state index is 13.6. The fraction of sp³-hybridized carbons (Fsp3) is 0.241. The third kappa shape index (κ3) is 4.76. The lowest BCUT2D eigenvalue weighted by atomic mass is 9.73. The molecule has 5 rings (SSSR count). The molecule has 0 fully saturated rings. The molecular weight excluding hydrogens is 486 g/mol. The highest BCUT2D eigenvalue weighted by Crippen LogP contribution is 2.48. The Balaban J connectivity index is 1.59. The maximum atomic E-state index is 13.6. The van der Waals surface area contributed by atoms with Crippen molar-refractivity contribution in [2.24, 2.45) is 5.41 Å². The van der Waals surface area contributed by atoms with Gasteiger partial charge in [-0.3, -0.25) is 19.2 Å². The van der Waals surface area contributed by atoms with Crippen molar-refractivity contribution in [2.45, 2.75) is 44.6 Å². The first kappa shape index (κ1) is 24.8. The Kier molecular flexibility index (Phi) is 6.15. The van der Waals surface area contributed by atoms with Crippen molar-refractivity contribution >= 4 is 38.8 Å². The van der Waals surface area contributed by atoms with Crippen LogP contribution in [0.5, 0.6) is 0 Å². The molecule has 1 amide bonds. The summed E-state index contributed by atoms with van der Waals surface area (Å²) in [4.78, 5) is 28.5. The summed E-state index contributed by atoms with van der Waals surface area (Å²) in [7, 11) is -3.75. The summed E-state index contributed by atoms with van der Waals surface area (Å²) in [6.07, 6.45) is 1.04. The van der Waals surface area contributed by atoms with Gasteiger partial charge in [0.15, 0.2) is 5.78 Å². The minimum absolute atomic E-state index is 0.00309. The molecule has 0 saturated carbocycles. The van der Waals surface area contributed by atoms with Crippen LogP contribution < -0.4 is 14.9 Å². The number of rotatable bonds is 4. The van der Waals surface area contributed by atoms with Gasteiger partial charge in [0, 0.05) is 30.3 Å². The summed E-state index contributed by atoms with van der Waals surface area (Å²) < 4.78 is 28.2. The third-order valence-electron chi connectivity index (χ3n) is 6.77. The molecule has 3 aromatic rings. The number of carbonyl (C=O) groups is 2. The summed E-state index contributed by atoms with van der Waals surface area (Å²) >= 11 is 0. The van der Waals surface area contributed by atoms with Crippen LogP contribution in [0.1, 0.15) is 45.2 Å². The van der Waals surface area contributed by atoms with Crippen molar-refractivity contribution in [3.8, 4) is 0 Å². The highest BCUT2D eigenvalue weighted by Gasteiger charge is 2.42. The van der Waals surface area contributed by atoms with Crippen LogP contribution >= 0.6 is 0 Å². The molecule has 2 N–H and O–H groups in total. The smallest absolute Gasteiger partial charge is 0.261 e. The molecular formula is C29H29N3O4S. The highest BCUT2D eigenvalue weighted by molar-refractivity contribution is 7.92. The zero-order valence-electron chi connectivity index (χ0n) is 21.0. The van der Waals surface area contributed by atoms with Crippen LogP contribution in [0.3, 0.4) is 0 Å². The number of amides is 1. The first-order valence-electron chi connectivity index (χ1n) is 12.2. The molecule has 3 aromatic carbocycles. The fourth-order valence-corrected chi connectivity index (χ4v) is 6.28. The number of Topliss-reactive ketones (excluding diaryl/α,β-unsaturated/α-hetero) is 1. The Hall–Kier alpha value is -3.91. The van der Waals surface area contributed by atoms with Gasteiger partial charge < -0.3 is 5.32 Å². The second-order valence-corrected chi connectivity index (χ2v) is 12.0. The van der Waals surface area contributed by atoms with E-state index < -0.39 is 16.1 Å². The normalized spacial score (nSPS) is 18.8. The molecule has 37 heavy (non-hydrogen) atoms. The molecule has 190 valence electrons. The van der Waals surface area contributed by atoms with E-state index in [1.807, 2.05) is 24.3 Å². The number of fused-ring (bicyclic) bond motifs is 1. The molecule has 0 aromatic heterocycles. The van der Waals surface area contributed by atoms with Crippen LogP contribution in [-0.2, 0) is 19.6 Å². The van der Waals surface area contributed by atoms with Gasteiger partial charge in [-0.25, -0.2) is 8.42 Å². The number of nitrogens with zero attached hydrogens (tertiary/aromatic N) is 1. The number of anilines is 3. The minimum Gasteiger partial charge on any atom is -0.357 e. The lowest BCUT2D eigenvalue weighted by Gasteiger charge is -2.36. The molecule has 0 bridgehead atoms. The van der Waals surface area contributed by atoms with Crippen LogP contribution in [0.15, 0.2) is 95.0 Å². The second-order valence-electron chi connectivity index (χ2n) is 10.3. The predicted molar refractivity (Wildman–Crippen MR) is 145 cm³/mol. The number of allylic oxidation sites excluding steroid dienone is 1. The van der Waals surface area contributed by atoms with Crippen molar-refractivity contribution in [1.82, 2.24) is 0 Å². The van der Waals surface area contributed by atoms with Gasteiger partial charge >= 0.3 is 0 Å². The molecule has 0 radical (unpaired) electrons. The zero-order valence-corrected chi connectivity index (χ0v) is 21.8. The predicted octanol–water partition coefficient (Wildman–Crippen LogP) is 5.65. The SMILES string of the molecule is CC(=O)N1c2ccccc2NC2=C(C(=O)CC(C)(C)C2)C1c1ccc(NS(=O)(=O)c2ccccc2)cc1. The fourth-order valence-electron chi connectivity index (χ4n) is 5.20. The molecule has 1 heterocycles. The van der Waals surface area contributed by atoms with Crippen LogP contribution in [0.4, 0.5) is 17.1 Å². The number of ketones is 1. The lowest BCUT2D eigenvalue weighted by Crippen LogP contribution is -2.38. The standard InChI is InChI=1S/C29H29N3O4S/c1-19(33)32-25-12-8-7-11-23(25)30-24-17-29(2,3)18-26(34)27(24)28(32)20-13-15-21(16-14-20)31-37(35,36)22-9-5-4-6-10-22/h4-16,28,30-31H,17-18H2,1-3H3. The molecule has 1 atom stereocenters. The van der Waals surface area contributed by atoms with Gasteiger partial charge in [-0.1, -0.05) is 56.3 Å². The Labute approximate surface area is 217 Å². The van der Waals surface area contributed by atoms with Crippen LogP contribution in [0, 0.1) is 5.41 Å². The number of sulfonamides is 1. The van der Waals surface area contributed by atoms with Gasteiger partial charge in [0.1, 0.15) is 0 Å². The van der Waals surface area contributed by atoms with Crippen molar-refractivity contribution in [1.29, 1.82) is 0 Å². The second kappa shape index (κ2) is 9.19. The van der Waals surface area contributed by atoms with E-state index in [9.17, 15) is 18.0 Å². The van der Waals surface area contributed by atoms with Gasteiger partial charge in [0.25, 0.3) is 10.0 Å². The quantitative estimate of drug-likeness (QED) is 0.468. The van der Waals surface area contributed by atoms with Crippen LogP contribution in [0.25, 0.3) is 0 Å². The molecule has 0 saturated heterocycles. The molecule has 7 nitrogen and oxygen atoms in total. The van der Waals surface area contributed by atoms with Crippen LogP contribution in [-0.4, -0.2) is 20.1 Å². The summed E-state index contributed by atoms with van der Waals surface area (Å²) in [6, 6.07) is 21.9. The van der Waals surface area contributed by atoms with Gasteiger partial charge in [0.05, 0.1) is 22.3 Å². The maximum Gasteiger partial charge on any atom is 0.261 e. The van der Waals surface area contributed by atoms with E-state index in [0.29, 0.717) is 29.8 Å². The molecule has 8 heteroatoms. The van der Waals surface area contributed by atoms with Crippen LogP contribution in [0.2, 0.25) is 0 Å². The first-order valence-corrected chi connectivity index (χ1v) is 13.6. The summed E-state index contributed by atoms with van der Waals surface area (Å²) in [5.74, 6) is -0.198. The zero-order chi connectivity index (χ0) is 26.4. The molecule has 1 aliphatic carbocycles. The number of para-hydroxylation sites is 2. The van der Waals surface area contributed by atoms with Crippen molar-refractivity contribution in [3.63, 3.8) is 0 Å². The summed E-state index contributed by atoms with van der Waals surface area (Å²) in [5.41, 5.74) is 3.74. The topological polar surface area (TPSA) is 95.6 Å². The Morgan fingerprint density at radius 3 is 2.27 bits per heavy atom. The van der Waals surface area contributed by atoms with E-state index in [-0.39, 0.29) is 22.0 Å². The molecule has 0 spiro atoms. The van der Waals surface area contributed by atoms with E-state index in [4.69, 9.17) is 0 Å². The largest absolute Gasteiger partial charge is 0.357 e. The molecule has 1 aliphatic heterocycles.